The van der Waals surface area contributed by atoms with Gasteiger partial charge in [-0.25, -0.2) is 0 Å². The van der Waals surface area contributed by atoms with Crippen molar-refractivity contribution in [2.45, 2.75) is 44.3 Å². The summed E-state index contributed by atoms with van der Waals surface area (Å²) in [5, 5.41) is 18.6. The van der Waals surface area contributed by atoms with Gasteiger partial charge < -0.3 is 5.11 Å². The molecule has 0 radical (unpaired) electrons. The van der Waals surface area contributed by atoms with Crippen LogP contribution < -0.4 is 0 Å². The van der Waals surface area contributed by atoms with Crippen LogP contribution in [0.5, 0.6) is 0 Å². The van der Waals surface area contributed by atoms with Crippen LogP contribution in [-0.2, 0) is 0 Å². The fourth-order valence-corrected chi connectivity index (χ4v) is 3.41. The maximum atomic E-state index is 9.10. The molecule has 0 aromatic rings. The zero-order valence-electron chi connectivity index (χ0n) is 9.48. The summed E-state index contributed by atoms with van der Waals surface area (Å²) in [6, 6.07) is 2.45. The van der Waals surface area contributed by atoms with Crippen molar-refractivity contribution < 1.29 is 5.11 Å². The van der Waals surface area contributed by atoms with Crippen LogP contribution in [0.25, 0.3) is 0 Å². The van der Waals surface area contributed by atoms with E-state index in [1.54, 1.807) is 0 Å². The van der Waals surface area contributed by atoms with Gasteiger partial charge in [0.1, 0.15) is 0 Å². The smallest absolute Gasteiger partial charge is 0.0667 e. The maximum Gasteiger partial charge on any atom is 0.0667 e. The minimum absolute atomic E-state index is 0.239. The van der Waals surface area contributed by atoms with E-state index < -0.39 is 0 Å². The van der Waals surface area contributed by atoms with Gasteiger partial charge in [-0.1, -0.05) is 26.2 Å². The Hall–Kier alpha value is -0.200. The topological polar surface area (TPSA) is 44.0 Å². The summed E-state index contributed by atoms with van der Waals surface area (Å²) in [5.41, 5.74) is 0. The average Bonchev–Trinajstić information content (AvgIpc) is 2.50. The molecule has 0 amide bonds. The lowest BCUT2D eigenvalue weighted by Gasteiger charge is -2.20. The van der Waals surface area contributed by atoms with Crippen LogP contribution >= 0.6 is 11.8 Å². The SMILES string of the molecule is CC(CO)CSC1CCCCCC1C#N. The van der Waals surface area contributed by atoms with E-state index in [1.807, 2.05) is 11.8 Å². The van der Waals surface area contributed by atoms with E-state index in [9.17, 15) is 0 Å². The van der Waals surface area contributed by atoms with E-state index >= 15 is 0 Å². The van der Waals surface area contributed by atoms with Gasteiger partial charge in [-0.05, 0) is 24.5 Å². The van der Waals surface area contributed by atoms with Gasteiger partial charge in [0.2, 0.25) is 0 Å². The monoisotopic (exact) mass is 227 g/mol. The second-order valence-corrected chi connectivity index (χ2v) is 5.81. The highest BCUT2D eigenvalue weighted by Crippen LogP contribution is 2.32. The molecule has 1 rings (SSSR count). The second-order valence-electron chi connectivity index (χ2n) is 4.53. The molecule has 0 saturated heterocycles. The number of rotatable bonds is 4. The van der Waals surface area contributed by atoms with Gasteiger partial charge in [0, 0.05) is 11.9 Å². The van der Waals surface area contributed by atoms with Crippen molar-refractivity contribution in [2.24, 2.45) is 11.8 Å². The van der Waals surface area contributed by atoms with E-state index in [-0.39, 0.29) is 12.5 Å². The summed E-state index contributed by atoms with van der Waals surface area (Å²) in [6.07, 6.45) is 6.02. The standard InChI is InChI=1S/C12H21NOS/c1-10(8-14)9-15-12-6-4-2-3-5-11(12)7-13/h10-12,14H,2-6,8-9H2,1H3. The zero-order chi connectivity index (χ0) is 11.1. The Morgan fingerprint density at radius 2 is 2.13 bits per heavy atom. The van der Waals surface area contributed by atoms with Crippen LogP contribution in [0.2, 0.25) is 0 Å². The van der Waals surface area contributed by atoms with E-state index in [2.05, 4.69) is 13.0 Å². The first-order chi connectivity index (χ1) is 7.27. The lowest BCUT2D eigenvalue weighted by Crippen LogP contribution is -2.17. The van der Waals surface area contributed by atoms with Gasteiger partial charge in [-0.3, -0.25) is 0 Å². The van der Waals surface area contributed by atoms with Crippen LogP contribution in [0.15, 0.2) is 0 Å². The molecule has 0 aromatic heterocycles. The Balaban J connectivity index is 2.38. The normalized spacial score (nSPS) is 29.1. The molecule has 0 aromatic carbocycles. The lowest BCUT2D eigenvalue weighted by atomic mass is 10.0. The molecular formula is C12H21NOS. The highest BCUT2D eigenvalue weighted by atomic mass is 32.2. The van der Waals surface area contributed by atoms with Crippen LogP contribution in [0.1, 0.15) is 39.0 Å². The van der Waals surface area contributed by atoms with Gasteiger partial charge in [0.15, 0.2) is 0 Å². The molecule has 3 atom stereocenters. The summed E-state index contributed by atoms with van der Waals surface area (Å²) in [6.45, 7) is 2.32. The van der Waals surface area contributed by atoms with E-state index in [0.717, 1.165) is 12.2 Å². The minimum Gasteiger partial charge on any atom is -0.396 e. The Morgan fingerprint density at radius 3 is 2.80 bits per heavy atom. The summed E-state index contributed by atoms with van der Waals surface area (Å²) < 4.78 is 0. The Kier molecular flexibility index (Phi) is 6.12. The van der Waals surface area contributed by atoms with E-state index in [4.69, 9.17) is 10.4 Å². The molecule has 1 N–H and O–H groups in total. The van der Waals surface area contributed by atoms with Crippen molar-refractivity contribution in [1.82, 2.24) is 0 Å². The Morgan fingerprint density at radius 1 is 1.40 bits per heavy atom. The Bertz CT molecular complexity index is 214. The molecule has 86 valence electrons. The fraction of sp³-hybridized carbons (Fsp3) is 0.917. The summed E-state index contributed by atoms with van der Waals surface area (Å²) in [7, 11) is 0. The first kappa shape index (κ1) is 12.9. The largest absolute Gasteiger partial charge is 0.396 e. The van der Waals surface area contributed by atoms with Gasteiger partial charge in [-0.15, -0.1) is 0 Å². The van der Waals surface area contributed by atoms with Gasteiger partial charge >= 0.3 is 0 Å². The maximum absolute atomic E-state index is 9.10. The first-order valence-corrected chi connectivity index (χ1v) is 6.95. The molecule has 3 unspecified atom stereocenters. The molecule has 1 saturated carbocycles. The minimum atomic E-state index is 0.239. The number of nitrogens with zero attached hydrogens (tertiary/aromatic N) is 1. The molecule has 1 fully saturated rings. The summed E-state index contributed by atoms with van der Waals surface area (Å²) in [5.74, 6) is 1.58. The highest BCUT2D eigenvalue weighted by Gasteiger charge is 2.24. The van der Waals surface area contributed by atoms with Crippen molar-refractivity contribution in [3.05, 3.63) is 0 Å². The van der Waals surface area contributed by atoms with Crippen LogP contribution in [0.4, 0.5) is 0 Å². The van der Waals surface area contributed by atoms with Crippen molar-refractivity contribution >= 4 is 11.8 Å². The third-order valence-electron chi connectivity index (χ3n) is 3.02. The van der Waals surface area contributed by atoms with Crippen molar-refractivity contribution in [3.8, 4) is 6.07 Å². The number of nitriles is 1. The van der Waals surface area contributed by atoms with Gasteiger partial charge in [-0.2, -0.15) is 17.0 Å². The molecule has 15 heavy (non-hydrogen) atoms. The van der Waals surface area contributed by atoms with Crippen molar-refractivity contribution in [3.63, 3.8) is 0 Å². The predicted octanol–water partition coefficient (Wildman–Crippen LogP) is 2.82. The van der Waals surface area contributed by atoms with Gasteiger partial charge in [0.05, 0.1) is 12.0 Å². The highest BCUT2D eigenvalue weighted by molar-refractivity contribution is 7.99. The molecule has 0 heterocycles. The fourth-order valence-electron chi connectivity index (χ4n) is 1.96. The zero-order valence-corrected chi connectivity index (χ0v) is 10.3. The predicted molar refractivity (Wildman–Crippen MR) is 64.7 cm³/mol. The molecule has 2 nitrogen and oxygen atoms in total. The first-order valence-electron chi connectivity index (χ1n) is 5.90. The third-order valence-corrected chi connectivity index (χ3v) is 4.78. The summed E-state index contributed by atoms with van der Waals surface area (Å²) >= 11 is 1.89. The molecular weight excluding hydrogens is 206 g/mol. The number of aliphatic hydroxyl groups is 1. The third kappa shape index (κ3) is 4.44. The number of thioether (sulfide) groups is 1. The van der Waals surface area contributed by atoms with Gasteiger partial charge in [0.25, 0.3) is 0 Å². The van der Waals surface area contributed by atoms with E-state index in [0.29, 0.717) is 11.2 Å². The van der Waals surface area contributed by atoms with Crippen molar-refractivity contribution in [2.75, 3.05) is 12.4 Å². The number of hydrogen-bond donors (Lipinski definition) is 1. The molecule has 0 bridgehead atoms. The summed E-state index contributed by atoms with van der Waals surface area (Å²) in [4.78, 5) is 0. The van der Waals surface area contributed by atoms with Crippen LogP contribution in [0, 0.1) is 23.2 Å². The van der Waals surface area contributed by atoms with E-state index in [1.165, 1.54) is 25.7 Å². The lowest BCUT2D eigenvalue weighted by molar-refractivity contribution is 0.250. The molecule has 1 aliphatic carbocycles. The molecule has 0 spiro atoms. The van der Waals surface area contributed by atoms with Crippen LogP contribution in [-0.4, -0.2) is 22.7 Å². The molecule has 3 heteroatoms. The Labute approximate surface area is 97.1 Å². The number of aliphatic hydroxyl groups excluding tert-OH is 1. The average molecular weight is 227 g/mol. The quantitative estimate of drug-likeness (QED) is 0.751. The van der Waals surface area contributed by atoms with Crippen molar-refractivity contribution in [1.29, 1.82) is 5.26 Å². The molecule has 1 aliphatic rings. The van der Waals surface area contributed by atoms with Crippen LogP contribution in [0.3, 0.4) is 0 Å². The molecule has 0 aliphatic heterocycles. The number of hydrogen-bond acceptors (Lipinski definition) is 3. The second kappa shape index (κ2) is 7.14.